The van der Waals surface area contributed by atoms with E-state index in [9.17, 15) is 0 Å². The average molecular weight is 456 g/mol. The van der Waals surface area contributed by atoms with Crippen LogP contribution >= 0.6 is 0 Å². The SMILES string of the molecule is C=CCOCCO.C=CCOCCO.C=CCOCCO.C=CCOCCO.[Ti]. The van der Waals surface area contributed by atoms with Gasteiger partial charge >= 0.3 is 0 Å². The van der Waals surface area contributed by atoms with Crippen molar-refractivity contribution >= 4 is 0 Å². The predicted octanol–water partition coefficient (Wildman–Crippen LogP) is 0.723. The molecule has 0 unspecified atom stereocenters. The predicted molar refractivity (Wildman–Crippen MR) is 112 cm³/mol. The van der Waals surface area contributed by atoms with Crippen molar-refractivity contribution < 1.29 is 61.1 Å². The monoisotopic (exact) mass is 456 g/mol. The number of aliphatic hydroxyl groups is 4. The van der Waals surface area contributed by atoms with Gasteiger partial charge in [0.05, 0.1) is 79.3 Å². The molecule has 0 amide bonds. The Morgan fingerprint density at radius 3 is 0.724 bits per heavy atom. The van der Waals surface area contributed by atoms with E-state index < -0.39 is 0 Å². The Kier molecular flexibility index (Phi) is 68.0. The Hall–Kier alpha value is -0.646. The molecule has 0 saturated carbocycles. The largest absolute Gasteiger partial charge is 0.394 e. The Morgan fingerprint density at radius 2 is 0.621 bits per heavy atom. The van der Waals surface area contributed by atoms with Gasteiger partial charge in [-0.2, -0.15) is 0 Å². The second-order valence-electron chi connectivity index (χ2n) is 4.35. The summed E-state index contributed by atoms with van der Waals surface area (Å²) in [4.78, 5) is 0. The standard InChI is InChI=1S/4C5H10O2.Ti/c4*1-2-4-7-5-3-6;/h4*2,6H,1,3-5H2;. The van der Waals surface area contributed by atoms with E-state index in [1.54, 1.807) is 24.3 Å². The number of ether oxygens (including phenoxy) is 4. The van der Waals surface area contributed by atoms with Gasteiger partial charge in [-0.15, -0.1) is 26.3 Å². The molecule has 0 fully saturated rings. The number of hydrogen-bond acceptors (Lipinski definition) is 8. The van der Waals surface area contributed by atoms with Crippen LogP contribution in [-0.4, -0.2) is 99.7 Å². The van der Waals surface area contributed by atoms with E-state index >= 15 is 0 Å². The fraction of sp³-hybridized carbons (Fsp3) is 0.600. The maximum atomic E-state index is 8.13. The molecular weight excluding hydrogens is 416 g/mol. The van der Waals surface area contributed by atoms with Gasteiger partial charge in [0.25, 0.3) is 0 Å². The van der Waals surface area contributed by atoms with Gasteiger partial charge in [-0.1, -0.05) is 24.3 Å². The molecule has 172 valence electrons. The van der Waals surface area contributed by atoms with Gasteiger partial charge in [-0.05, 0) is 0 Å². The van der Waals surface area contributed by atoms with Gasteiger partial charge < -0.3 is 39.4 Å². The zero-order chi connectivity index (χ0) is 22.1. The topological polar surface area (TPSA) is 118 Å². The second kappa shape index (κ2) is 50.7. The van der Waals surface area contributed by atoms with Crippen LogP contribution in [0.3, 0.4) is 0 Å². The van der Waals surface area contributed by atoms with Gasteiger partial charge in [0.2, 0.25) is 0 Å². The first-order valence-electron chi connectivity index (χ1n) is 8.84. The Bertz CT molecular complexity index is 236. The summed E-state index contributed by atoms with van der Waals surface area (Å²) >= 11 is 0. The summed E-state index contributed by atoms with van der Waals surface area (Å²) < 4.78 is 19.1. The number of hydrogen-bond donors (Lipinski definition) is 4. The van der Waals surface area contributed by atoms with Crippen molar-refractivity contribution in [3.05, 3.63) is 50.6 Å². The summed E-state index contributed by atoms with van der Waals surface area (Å²) in [5.41, 5.74) is 0. The van der Waals surface area contributed by atoms with Crippen LogP contribution < -0.4 is 0 Å². The summed E-state index contributed by atoms with van der Waals surface area (Å²) in [5.74, 6) is 0. The smallest absolute Gasteiger partial charge is 0.0701 e. The molecule has 0 rings (SSSR count). The van der Waals surface area contributed by atoms with Gasteiger partial charge in [0, 0.05) is 21.7 Å². The van der Waals surface area contributed by atoms with E-state index in [4.69, 9.17) is 39.4 Å². The molecule has 0 heterocycles. The molecule has 0 bridgehead atoms. The van der Waals surface area contributed by atoms with Crippen LogP contribution in [0.25, 0.3) is 0 Å². The summed E-state index contributed by atoms with van der Waals surface area (Å²) in [6, 6.07) is 0. The van der Waals surface area contributed by atoms with Crippen molar-refractivity contribution in [1.29, 1.82) is 0 Å². The van der Waals surface area contributed by atoms with Crippen molar-refractivity contribution in [3.8, 4) is 0 Å². The van der Waals surface area contributed by atoms with Gasteiger partial charge in [-0.25, -0.2) is 0 Å². The minimum Gasteiger partial charge on any atom is -0.394 e. The number of aliphatic hydroxyl groups excluding tert-OH is 4. The molecule has 0 aromatic heterocycles. The maximum Gasteiger partial charge on any atom is 0.0701 e. The van der Waals surface area contributed by atoms with Crippen LogP contribution in [0.2, 0.25) is 0 Å². The van der Waals surface area contributed by atoms with Crippen molar-refractivity contribution in [2.75, 3.05) is 79.3 Å². The summed E-state index contributed by atoms with van der Waals surface area (Å²) in [6.45, 7) is 17.8. The molecule has 0 aromatic carbocycles. The number of rotatable bonds is 16. The average Bonchev–Trinajstić information content (AvgIpc) is 2.71. The Labute approximate surface area is 191 Å². The summed E-state index contributed by atoms with van der Waals surface area (Å²) in [7, 11) is 0. The third-order valence-corrected chi connectivity index (χ3v) is 1.89. The van der Waals surface area contributed by atoms with Crippen LogP contribution in [0.1, 0.15) is 0 Å². The second-order valence-corrected chi connectivity index (χ2v) is 4.35. The van der Waals surface area contributed by atoms with Crippen LogP contribution in [0, 0.1) is 0 Å². The molecule has 0 spiro atoms. The third kappa shape index (κ3) is 74.6. The molecule has 0 saturated heterocycles. The fourth-order valence-electron chi connectivity index (χ4n) is 0.925. The van der Waals surface area contributed by atoms with Crippen LogP contribution in [-0.2, 0) is 40.7 Å². The van der Waals surface area contributed by atoms with E-state index in [1.165, 1.54) is 0 Å². The molecule has 0 aliphatic rings. The van der Waals surface area contributed by atoms with E-state index in [2.05, 4.69) is 26.3 Å². The van der Waals surface area contributed by atoms with Crippen molar-refractivity contribution in [1.82, 2.24) is 0 Å². The molecule has 9 heteroatoms. The van der Waals surface area contributed by atoms with Gasteiger partial charge in [-0.3, -0.25) is 0 Å². The summed E-state index contributed by atoms with van der Waals surface area (Å²) in [5, 5.41) is 32.5. The van der Waals surface area contributed by atoms with E-state index in [0.29, 0.717) is 52.9 Å². The quantitative estimate of drug-likeness (QED) is 0.153. The maximum absolute atomic E-state index is 8.13. The molecule has 4 N–H and O–H groups in total. The van der Waals surface area contributed by atoms with Crippen molar-refractivity contribution in [3.63, 3.8) is 0 Å². The third-order valence-electron chi connectivity index (χ3n) is 1.89. The molecule has 8 nitrogen and oxygen atoms in total. The van der Waals surface area contributed by atoms with E-state index in [0.717, 1.165) is 0 Å². The van der Waals surface area contributed by atoms with Crippen molar-refractivity contribution in [2.45, 2.75) is 0 Å². The zero-order valence-corrected chi connectivity index (χ0v) is 19.1. The van der Waals surface area contributed by atoms with Crippen LogP contribution in [0.15, 0.2) is 50.6 Å². The van der Waals surface area contributed by atoms with E-state index in [1.807, 2.05) is 0 Å². The van der Waals surface area contributed by atoms with E-state index in [-0.39, 0.29) is 48.1 Å². The molecular formula is C20H40O8Ti. The normalized spacial score (nSPS) is 8.41. The Balaban J connectivity index is -0.0000000873. The van der Waals surface area contributed by atoms with Gasteiger partial charge in [0.1, 0.15) is 0 Å². The first-order chi connectivity index (χ1) is 13.7. The van der Waals surface area contributed by atoms with Crippen LogP contribution in [0.5, 0.6) is 0 Å². The minimum absolute atomic E-state index is 0. The summed E-state index contributed by atoms with van der Waals surface area (Å²) in [6.07, 6.45) is 6.59. The Morgan fingerprint density at radius 1 is 0.448 bits per heavy atom. The van der Waals surface area contributed by atoms with Crippen molar-refractivity contribution in [2.24, 2.45) is 0 Å². The first-order valence-corrected chi connectivity index (χ1v) is 8.84. The van der Waals surface area contributed by atoms with Crippen LogP contribution in [0.4, 0.5) is 0 Å². The molecule has 0 radical (unpaired) electrons. The minimum atomic E-state index is 0. The zero-order valence-electron chi connectivity index (χ0n) is 17.5. The molecule has 0 aliphatic heterocycles. The molecule has 0 aromatic rings. The first kappa shape index (κ1) is 38.9. The molecule has 0 aliphatic carbocycles. The molecule has 29 heavy (non-hydrogen) atoms. The van der Waals surface area contributed by atoms with Gasteiger partial charge in [0.15, 0.2) is 0 Å². The molecule has 0 atom stereocenters. The fourth-order valence-corrected chi connectivity index (χ4v) is 0.925.